The summed E-state index contributed by atoms with van der Waals surface area (Å²) >= 11 is 0. The highest BCUT2D eigenvalue weighted by atomic mass is 16.4. The summed E-state index contributed by atoms with van der Waals surface area (Å²) in [7, 11) is 0. The number of urea groups is 1. The molecule has 28 heavy (non-hydrogen) atoms. The second kappa shape index (κ2) is 9.03. The van der Waals surface area contributed by atoms with Gasteiger partial charge in [0.1, 0.15) is 0 Å². The van der Waals surface area contributed by atoms with Crippen molar-refractivity contribution in [3.05, 3.63) is 70.8 Å². The van der Waals surface area contributed by atoms with E-state index in [9.17, 15) is 14.4 Å². The van der Waals surface area contributed by atoms with Gasteiger partial charge in [-0.25, -0.2) is 9.59 Å². The molecule has 0 unspecified atom stereocenters. The maximum absolute atomic E-state index is 12.1. The van der Waals surface area contributed by atoms with E-state index in [0.29, 0.717) is 26.1 Å². The molecule has 1 heterocycles. The van der Waals surface area contributed by atoms with Crippen LogP contribution in [0.25, 0.3) is 0 Å². The number of hydrogen-bond donors (Lipinski definition) is 3. The molecule has 0 spiro atoms. The number of nitrogens with zero attached hydrogens (tertiary/aromatic N) is 1. The summed E-state index contributed by atoms with van der Waals surface area (Å²) in [4.78, 5) is 36.6. The molecular formula is C21H23N3O4. The molecule has 146 valence electrons. The average Bonchev–Trinajstić information content (AvgIpc) is 3.10. The summed E-state index contributed by atoms with van der Waals surface area (Å²) in [5.41, 5.74) is 3.03. The third-order valence-electron chi connectivity index (χ3n) is 4.74. The molecule has 3 N–H and O–H groups in total. The number of carboxylic acids is 1. The fourth-order valence-corrected chi connectivity index (χ4v) is 3.15. The molecule has 0 bridgehead atoms. The van der Waals surface area contributed by atoms with Crippen molar-refractivity contribution in [2.45, 2.75) is 32.5 Å². The Hall–Kier alpha value is -3.35. The number of carbonyl (C=O) groups is 3. The normalized spacial score (nSPS) is 13.4. The van der Waals surface area contributed by atoms with E-state index in [1.807, 2.05) is 29.2 Å². The minimum atomic E-state index is -0.980. The van der Waals surface area contributed by atoms with Gasteiger partial charge in [0.15, 0.2) is 0 Å². The number of amides is 3. The molecule has 2 aromatic carbocycles. The van der Waals surface area contributed by atoms with Gasteiger partial charge in [-0.2, -0.15) is 0 Å². The molecule has 2 aromatic rings. The van der Waals surface area contributed by atoms with E-state index < -0.39 is 5.97 Å². The number of hydrogen-bond acceptors (Lipinski definition) is 3. The first-order valence-corrected chi connectivity index (χ1v) is 9.21. The van der Waals surface area contributed by atoms with Crippen LogP contribution in [0, 0.1) is 0 Å². The Balaban J connectivity index is 1.50. The fourth-order valence-electron chi connectivity index (χ4n) is 3.15. The van der Waals surface area contributed by atoms with Gasteiger partial charge in [-0.05, 0) is 35.2 Å². The van der Waals surface area contributed by atoms with Crippen molar-refractivity contribution >= 4 is 17.9 Å². The molecule has 7 nitrogen and oxygen atoms in total. The third-order valence-corrected chi connectivity index (χ3v) is 4.74. The Bertz CT molecular complexity index is 864. The summed E-state index contributed by atoms with van der Waals surface area (Å²) in [6, 6.07) is 13.8. The second-order valence-corrected chi connectivity index (χ2v) is 6.73. The van der Waals surface area contributed by atoms with Gasteiger partial charge in [0, 0.05) is 32.6 Å². The van der Waals surface area contributed by atoms with Crippen LogP contribution in [0.15, 0.2) is 48.5 Å². The highest BCUT2D eigenvalue weighted by molar-refractivity contribution is 5.87. The monoisotopic (exact) mass is 381 g/mol. The van der Waals surface area contributed by atoms with E-state index in [4.69, 9.17) is 5.11 Å². The van der Waals surface area contributed by atoms with Gasteiger partial charge >= 0.3 is 12.0 Å². The summed E-state index contributed by atoms with van der Waals surface area (Å²) in [5.74, 6) is -0.805. The minimum absolute atomic E-state index is 0.175. The van der Waals surface area contributed by atoms with Crippen molar-refractivity contribution < 1.29 is 19.5 Å². The zero-order valence-electron chi connectivity index (χ0n) is 15.5. The van der Waals surface area contributed by atoms with Gasteiger partial charge < -0.3 is 20.6 Å². The van der Waals surface area contributed by atoms with Crippen molar-refractivity contribution in [1.82, 2.24) is 15.5 Å². The first-order valence-electron chi connectivity index (χ1n) is 9.21. The van der Waals surface area contributed by atoms with Crippen LogP contribution in [-0.4, -0.2) is 34.5 Å². The van der Waals surface area contributed by atoms with Crippen molar-refractivity contribution in [1.29, 1.82) is 0 Å². The van der Waals surface area contributed by atoms with Gasteiger partial charge in [0.05, 0.1) is 5.56 Å². The minimum Gasteiger partial charge on any atom is -0.478 e. The third kappa shape index (κ3) is 5.09. The van der Waals surface area contributed by atoms with Gasteiger partial charge in [0.25, 0.3) is 0 Å². The number of nitrogens with one attached hydrogen (secondary N) is 2. The number of carbonyl (C=O) groups excluding carboxylic acids is 2. The zero-order chi connectivity index (χ0) is 19.9. The fraction of sp³-hybridized carbons (Fsp3) is 0.286. The van der Waals surface area contributed by atoms with Crippen molar-refractivity contribution in [3.8, 4) is 0 Å². The Morgan fingerprint density at radius 1 is 0.964 bits per heavy atom. The maximum Gasteiger partial charge on any atom is 0.335 e. The Kier molecular flexibility index (Phi) is 6.26. The van der Waals surface area contributed by atoms with E-state index in [1.54, 1.807) is 12.1 Å². The molecule has 1 aliphatic rings. The van der Waals surface area contributed by atoms with Gasteiger partial charge in [-0.3, -0.25) is 4.79 Å². The number of rotatable bonds is 7. The highest BCUT2D eigenvalue weighted by Gasteiger charge is 2.20. The molecule has 1 fully saturated rings. The standard InChI is InChI=1S/C21H23N3O4/c25-19-6-3-11-24(19)14-18-5-2-1-4-17(18)13-23-21(28)22-12-15-7-9-16(10-8-15)20(26)27/h1-2,4-5,7-10H,3,6,11-14H2,(H,26,27)(H2,22,23,28). The zero-order valence-corrected chi connectivity index (χ0v) is 15.5. The van der Waals surface area contributed by atoms with Gasteiger partial charge in [-0.1, -0.05) is 36.4 Å². The quantitative estimate of drug-likeness (QED) is 0.686. The summed E-state index contributed by atoms with van der Waals surface area (Å²) < 4.78 is 0. The summed E-state index contributed by atoms with van der Waals surface area (Å²) in [6.45, 7) is 2.01. The predicted molar refractivity (Wildman–Crippen MR) is 104 cm³/mol. The Morgan fingerprint density at radius 2 is 1.64 bits per heavy atom. The van der Waals surface area contributed by atoms with Crippen LogP contribution in [0.2, 0.25) is 0 Å². The van der Waals surface area contributed by atoms with Crippen LogP contribution in [-0.2, 0) is 24.4 Å². The maximum atomic E-state index is 12.1. The number of benzene rings is 2. The Morgan fingerprint density at radius 3 is 2.29 bits per heavy atom. The lowest BCUT2D eigenvalue weighted by Crippen LogP contribution is -2.35. The van der Waals surface area contributed by atoms with E-state index >= 15 is 0 Å². The second-order valence-electron chi connectivity index (χ2n) is 6.73. The highest BCUT2D eigenvalue weighted by Crippen LogP contribution is 2.17. The topological polar surface area (TPSA) is 98.7 Å². The number of likely N-dealkylation sites (tertiary alicyclic amines) is 1. The van der Waals surface area contributed by atoms with Crippen LogP contribution in [0.3, 0.4) is 0 Å². The molecule has 1 aliphatic heterocycles. The molecule has 3 rings (SSSR count). The van der Waals surface area contributed by atoms with Crippen molar-refractivity contribution in [2.75, 3.05) is 6.54 Å². The van der Waals surface area contributed by atoms with Crippen molar-refractivity contribution in [2.24, 2.45) is 0 Å². The lowest BCUT2D eigenvalue weighted by atomic mass is 10.1. The van der Waals surface area contributed by atoms with Crippen LogP contribution < -0.4 is 10.6 Å². The Labute approximate surface area is 163 Å². The lowest BCUT2D eigenvalue weighted by molar-refractivity contribution is -0.128. The van der Waals surface area contributed by atoms with E-state index in [1.165, 1.54) is 12.1 Å². The van der Waals surface area contributed by atoms with E-state index in [2.05, 4.69) is 10.6 Å². The van der Waals surface area contributed by atoms with E-state index in [0.717, 1.165) is 29.7 Å². The predicted octanol–water partition coefficient (Wildman–Crippen LogP) is 2.51. The molecular weight excluding hydrogens is 358 g/mol. The van der Waals surface area contributed by atoms with Gasteiger partial charge in [-0.15, -0.1) is 0 Å². The van der Waals surface area contributed by atoms with Gasteiger partial charge in [0.2, 0.25) is 5.91 Å². The molecule has 3 amide bonds. The van der Waals surface area contributed by atoms with Crippen LogP contribution in [0.1, 0.15) is 39.9 Å². The molecule has 0 atom stereocenters. The lowest BCUT2D eigenvalue weighted by Gasteiger charge is -2.18. The SMILES string of the molecule is O=C(NCc1ccc(C(=O)O)cc1)NCc1ccccc1CN1CCCC1=O. The molecule has 7 heteroatoms. The molecule has 0 saturated carbocycles. The van der Waals surface area contributed by atoms with E-state index in [-0.39, 0.29) is 17.5 Å². The molecule has 0 aliphatic carbocycles. The number of aromatic carboxylic acids is 1. The smallest absolute Gasteiger partial charge is 0.335 e. The average molecular weight is 381 g/mol. The molecule has 0 radical (unpaired) electrons. The van der Waals surface area contributed by atoms with Crippen LogP contribution in [0.5, 0.6) is 0 Å². The van der Waals surface area contributed by atoms with Crippen LogP contribution in [0.4, 0.5) is 4.79 Å². The van der Waals surface area contributed by atoms with Crippen LogP contribution >= 0.6 is 0 Å². The first kappa shape index (κ1) is 19.4. The molecule has 0 aromatic heterocycles. The largest absolute Gasteiger partial charge is 0.478 e. The number of carboxylic acid groups (broad SMARTS) is 1. The summed E-state index contributed by atoms with van der Waals surface area (Å²) in [6.07, 6.45) is 1.51. The van der Waals surface area contributed by atoms with Crippen molar-refractivity contribution in [3.63, 3.8) is 0 Å². The molecule has 1 saturated heterocycles. The summed E-state index contributed by atoms with van der Waals surface area (Å²) in [5, 5.41) is 14.5. The first-order chi connectivity index (χ1) is 13.5.